The van der Waals surface area contributed by atoms with Gasteiger partial charge in [-0.05, 0) is 26.0 Å². The highest BCUT2D eigenvalue weighted by Crippen LogP contribution is 1.97. The molecule has 0 bridgehead atoms. The van der Waals surface area contributed by atoms with E-state index in [0.29, 0.717) is 19.6 Å². The number of hydrazone groups is 1. The van der Waals surface area contributed by atoms with E-state index in [1.165, 1.54) is 0 Å². The van der Waals surface area contributed by atoms with Gasteiger partial charge in [0.1, 0.15) is 0 Å². The number of carbonyl (C=O) groups is 1. The average molecular weight is 235 g/mol. The third-order valence-electron chi connectivity index (χ3n) is 2.12. The molecule has 1 heterocycles. The van der Waals surface area contributed by atoms with E-state index < -0.39 is 0 Å². The van der Waals surface area contributed by atoms with Crippen molar-refractivity contribution >= 4 is 11.6 Å². The minimum Gasteiger partial charge on any atom is -0.381 e. The lowest BCUT2D eigenvalue weighted by atomic mass is 10.2. The van der Waals surface area contributed by atoms with Crippen LogP contribution in [-0.4, -0.2) is 29.8 Å². The topological polar surface area (TPSA) is 63.6 Å². The largest absolute Gasteiger partial charge is 0.381 e. The highest BCUT2D eigenvalue weighted by Gasteiger charge is 2.00. The summed E-state index contributed by atoms with van der Waals surface area (Å²) in [7, 11) is 0. The molecule has 5 heteroatoms. The number of nitrogens with one attached hydrogen (secondary N) is 1. The van der Waals surface area contributed by atoms with E-state index in [2.05, 4.69) is 15.5 Å². The van der Waals surface area contributed by atoms with E-state index in [-0.39, 0.29) is 5.91 Å². The zero-order valence-corrected chi connectivity index (χ0v) is 10.1. The number of aromatic nitrogens is 1. The van der Waals surface area contributed by atoms with E-state index in [9.17, 15) is 4.79 Å². The van der Waals surface area contributed by atoms with Crippen molar-refractivity contribution in [1.82, 2.24) is 10.4 Å². The van der Waals surface area contributed by atoms with Crippen molar-refractivity contribution in [2.24, 2.45) is 5.10 Å². The minimum atomic E-state index is -0.146. The Balaban J connectivity index is 2.40. The quantitative estimate of drug-likeness (QED) is 0.460. The molecule has 0 atom stereocenters. The van der Waals surface area contributed by atoms with Crippen molar-refractivity contribution in [3.8, 4) is 0 Å². The Labute approximate surface area is 101 Å². The van der Waals surface area contributed by atoms with Gasteiger partial charge in [-0.1, -0.05) is 0 Å². The maximum Gasteiger partial charge on any atom is 0.242 e. The summed E-state index contributed by atoms with van der Waals surface area (Å²) in [6.45, 7) is 4.76. The van der Waals surface area contributed by atoms with E-state index >= 15 is 0 Å². The molecule has 1 aromatic rings. The normalized spacial score (nSPS) is 11.3. The van der Waals surface area contributed by atoms with E-state index in [0.717, 1.165) is 11.3 Å². The summed E-state index contributed by atoms with van der Waals surface area (Å²) in [5, 5.41) is 4.01. The van der Waals surface area contributed by atoms with Gasteiger partial charge in [0, 0.05) is 24.6 Å². The van der Waals surface area contributed by atoms with Crippen LogP contribution in [0.25, 0.3) is 0 Å². The summed E-state index contributed by atoms with van der Waals surface area (Å²) in [5.41, 5.74) is 4.17. The van der Waals surface area contributed by atoms with Crippen LogP contribution in [0.5, 0.6) is 0 Å². The first kappa shape index (κ1) is 13.3. The standard InChI is InChI=1S/C12H17N3O2/c1-3-17-9-6-12(16)15-14-10(2)11-4-7-13-8-5-11/h4-5,7-8H,3,6,9H2,1-2H3,(H,15,16). The number of hydrogen-bond donors (Lipinski definition) is 1. The van der Waals surface area contributed by atoms with Crippen LogP contribution in [0.3, 0.4) is 0 Å². The molecule has 0 aliphatic carbocycles. The smallest absolute Gasteiger partial charge is 0.242 e. The molecule has 1 N–H and O–H groups in total. The second-order valence-corrected chi connectivity index (χ2v) is 3.42. The van der Waals surface area contributed by atoms with E-state index in [1.807, 2.05) is 26.0 Å². The van der Waals surface area contributed by atoms with E-state index in [4.69, 9.17) is 4.74 Å². The van der Waals surface area contributed by atoms with Gasteiger partial charge in [-0.2, -0.15) is 5.10 Å². The molecule has 92 valence electrons. The number of pyridine rings is 1. The molecule has 17 heavy (non-hydrogen) atoms. The fourth-order valence-corrected chi connectivity index (χ4v) is 1.17. The molecule has 0 aromatic carbocycles. The third-order valence-corrected chi connectivity index (χ3v) is 2.12. The van der Waals surface area contributed by atoms with Crippen LogP contribution in [0, 0.1) is 0 Å². The van der Waals surface area contributed by atoms with Gasteiger partial charge in [0.2, 0.25) is 5.91 Å². The first-order valence-corrected chi connectivity index (χ1v) is 5.55. The summed E-state index contributed by atoms with van der Waals surface area (Å²) < 4.78 is 5.08. The summed E-state index contributed by atoms with van der Waals surface area (Å²) >= 11 is 0. The Hall–Kier alpha value is -1.75. The van der Waals surface area contributed by atoms with Crippen LogP contribution in [0.1, 0.15) is 25.8 Å². The monoisotopic (exact) mass is 235 g/mol. The second-order valence-electron chi connectivity index (χ2n) is 3.42. The number of ether oxygens (including phenoxy) is 1. The van der Waals surface area contributed by atoms with Gasteiger partial charge in [0.15, 0.2) is 0 Å². The maximum atomic E-state index is 11.3. The molecule has 0 aliphatic heterocycles. The number of nitrogens with zero attached hydrogens (tertiary/aromatic N) is 2. The summed E-state index contributed by atoms with van der Waals surface area (Å²) in [6.07, 6.45) is 3.69. The molecule has 1 aromatic heterocycles. The molecule has 0 fully saturated rings. The highest BCUT2D eigenvalue weighted by molar-refractivity contribution is 5.99. The van der Waals surface area contributed by atoms with Crippen molar-refractivity contribution in [1.29, 1.82) is 0 Å². The Kier molecular flexibility index (Phi) is 5.88. The van der Waals surface area contributed by atoms with Crippen LogP contribution >= 0.6 is 0 Å². The second kappa shape index (κ2) is 7.51. The predicted molar refractivity (Wildman–Crippen MR) is 65.7 cm³/mol. The number of hydrogen-bond acceptors (Lipinski definition) is 4. The van der Waals surface area contributed by atoms with Gasteiger partial charge >= 0.3 is 0 Å². The lowest BCUT2D eigenvalue weighted by molar-refractivity contribution is -0.122. The molecule has 0 unspecified atom stereocenters. The number of amides is 1. The fourth-order valence-electron chi connectivity index (χ4n) is 1.17. The van der Waals surface area contributed by atoms with E-state index in [1.54, 1.807) is 12.4 Å². The fraction of sp³-hybridized carbons (Fsp3) is 0.417. The average Bonchev–Trinajstić information content (AvgIpc) is 2.37. The van der Waals surface area contributed by atoms with Crippen molar-refractivity contribution < 1.29 is 9.53 Å². The van der Waals surface area contributed by atoms with Crippen molar-refractivity contribution in [3.63, 3.8) is 0 Å². The van der Waals surface area contributed by atoms with Crippen LogP contribution in [0.2, 0.25) is 0 Å². The lowest BCUT2D eigenvalue weighted by Gasteiger charge is -2.02. The molecule has 1 rings (SSSR count). The Morgan fingerprint density at radius 1 is 1.47 bits per heavy atom. The zero-order chi connectivity index (χ0) is 12.5. The molecule has 0 aliphatic rings. The first-order valence-electron chi connectivity index (χ1n) is 5.55. The summed E-state index contributed by atoms with van der Waals surface area (Å²) in [5.74, 6) is -0.146. The molecule has 1 amide bonds. The molecular weight excluding hydrogens is 218 g/mol. The Morgan fingerprint density at radius 2 is 2.18 bits per heavy atom. The predicted octanol–water partition coefficient (Wildman–Crippen LogP) is 1.35. The minimum absolute atomic E-state index is 0.146. The molecule has 0 saturated heterocycles. The SMILES string of the molecule is CCOCCC(=O)NN=C(C)c1ccncc1. The van der Waals surface area contributed by atoms with Crippen LogP contribution < -0.4 is 5.43 Å². The first-order chi connectivity index (χ1) is 8.24. The number of rotatable bonds is 6. The molecular formula is C12H17N3O2. The summed E-state index contributed by atoms with van der Waals surface area (Å²) in [4.78, 5) is 15.3. The van der Waals surface area contributed by atoms with Crippen LogP contribution in [-0.2, 0) is 9.53 Å². The summed E-state index contributed by atoms with van der Waals surface area (Å²) in [6, 6.07) is 3.68. The van der Waals surface area contributed by atoms with Gasteiger partial charge in [-0.3, -0.25) is 9.78 Å². The van der Waals surface area contributed by atoms with Gasteiger partial charge in [0.25, 0.3) is 0 Å². The van der Waals surface area contributed by atoms with Crippen LogP contribution in [0.4, 0.5) is 0 Å². The maximum absolute atomic E-state index is 11.3. The van der Waals surface area contributed by atoms with Gasteiger partial charge in [0.05, 0.1) is 18.7 Å². The van der Waals surface area contributed by atoms with Crippen LogP contribution in [0.15, 0.2) is 29.6 Å². The van der Waals surface area contributed by atoms with Crippen molar-refractivity contribution in [3.05, 3.63) is 30.1 Å². The third kappa shape index (κ3) is 5.21. The van der Waals surface area contributed by atoms with Gasteiger partial charge in [-0.25, -0.2) is 5.43 Å². The molecule has 0 radical (unpaired) electrons. The van der Waals surface area contributed by atoms with Gasteiger partial charge in [-0.15, -0.1) is 0 Å². The van der Waals surface area contributed by atoms with Crippen molar-refractivity contribution in [2.45, 2.75) is 20.3 Å². The Bertz CT molecular complexity index is 377. The van der Waals surface area contributed by atoms with Gasteiger partial charge < -0.3 is 4.74 Å². The highest BCUT2D eigenvalue weighted by atomic mass is 16.5. The molecule has 0 saturated carbocycles. The van der Waals surface area contributed by atoms with Crippen molar-refractivity contribution in [2.75, 3.05) is 13.2 Å². The molecule has 0 spiro atoms. The zero-order valence-electron chi connectivity index (χ0n) is 10.1. The molecule has 5 nitrogen and oxygen atoms in total. The number of carbonyl (C=O) groups excluding carboxylic acids is 1. The lowest BCUT2D eigenvalue weighted by Crippen LogP contribution is -2.20. The Morgan fingerprint density at radius 3 is 2.82 bits per heavy atom.